The maximum absolute atomic E-state index is 12.0. The zero-order chi connectivity index (χ0) is 14.8. The third-order valence-electron chi connectivity index (χ3n) is 4.13. The number of nitrogens with zero attached hydrogens (tertiary/aromatic N) is 1. The van der Waals surface area contributed by atoms with Crippen LogP contribution in [0.3, 0.4) is 0 Å². The molecule has 1 amide bonds. The molecule has 0 aromatic heterocycles. The van der Waals surface area contributed by atoms with Crippen LogP contribution >= 0.6 is 0 Å². The summed E-state index contributed by atoms with van der Waals surface area (Å²) in [6, 6.07) is 16.9. The van der Waals surface area contributed by atoms with Gasteiger partial charge in [0, 0.05) is 19.0 Å². The molecule has 1 aliphatic rings. The zero-order valence-corrected chi connectivity index (χ0v) is 12.3. The largest absolute Gasteiger partial charge is 0.334 e. The average molecular weight is 277 g/mol. The summed E-state index contributed by atoms with van der Waals surface area (Å²) in [4.78, 5) is 13.9. The van der Waals surface area contributed by atoms with Gasteiger partial charge in [0.1, 0.15) is 0 Å². The van der Waals surface area contributed by atoms with Gasteiger partial charge in [0.2, 0.25) is 5.91 Å². The van der Waals surface area contributed by atoms with Crippen LogP contribution in [-0.2, 0) is 11.3 Å². The van der Waals surface area contributed by atoms with E-state index in [4.69, 9.17) is 0 Å². The number of aryl methyl sites for hydroxylation is 1. The molecule has 3 rings (SSSR count). The Balaban J connectivity index is 2.07. The maximum atomic E-state index is 12.0. The molecule has 1 atom stereocenters. The Hall–Kier alpha value is -2.35. The van der Waals surface area contributed by atoms with Crippen molar-refractivity contribution in [2.24, 2.45) is 0 Å². The van der Waals surface area contributed by atoms with Crippen LogP contribution in [0, 0.1) is 6.92 Å². The van der Waals surface area contributed by atoms with Crippen molar-refractivity contribution in [3.8, 4) is 0 Å². The number of hydrogen-bond acceptors (Lipinski definition) is 1. The molecule has 2 nitrogen and oxygen atoms in total. The van der Waals surface area contributed by atoms with Gasteiger partial charge in [0.05, 0.1) is 0 Å². The van der Waals surface area contributed by atoms with E-state index in [1.54, 1.807) is 0 Å². The molecule has 0 N–H and O–H groups in total. The molecule has 2 heteroatoms. The van der Waals surface area contributed by atoms with Gasteiger partial charge in [-0.2, -0.15) is 0 Å². The standard InChI is InChI=1S/C19H19NO/c1-3-19(21)20-12-16-11-14(2)9-10-17(16)18(13-20)15-7-5-4-6-8-15/h3-11,18H,1,12-13H2,2H3/t18-/m1/s1. The van der Waals surface area contributed by atoms with Gasteiger partial charge in [-0.1, -0.05) is 60.7 Å². The molecule has 0 radical (unpaired) electrons. The summed E-state index contributed by atoms with van der Waals surface area (Å²) in [6.07, 6.45) is 1.41. The fourth-order valence-electron chi connectivity index (χ4n) is 3.07. The number of amides is 1. The fourth-order valence-corrected chi connectivity index (χ4v) is 3.07. The zero-order valence-electron chi connectivity index (χ0n) is 12.3. The van der Waals surface area contributed by atoms with Gasteiger partial charge < -0.3 is 4.90 Å². The van der Waals surface area contributed by atoms with Crippen molar-refractivity contribution in [2.75, 3.05) is 6.54 Å². The second kappa shape index (κ2) is 5.57. The number of rotatable bonds is 2. The first-order valence-corrected chi connectivity index (χ1v) is 7.24. The first-order chi connectivity index (χ1) is 10.2. The Bertz CT molecular complexity index is 675. The Morgan fingerprint density at radius 2 is 2.00 bits per heavy atom. The van der Waals surface area contributed by atoms with Crippen LogP contribution in [-0.4, -0.2) is 17.4 Å². The Morgan fingerprint density at radius 1 is 1.24 bits per heavy atom. The van der Waals surface area contributed by atoms with Gasteiger partial charge >= 0.3 is 0 Å². The number of benzene rings is 2. The van der Waals surface area contributed by atoms with Crippen LogP contribution in [0.4, 0.5) is 0 Å². The molecule has 2 aromatic rings. The second-order valence-corrected chi connectivity index (χ2v) is 5.59. The van der Waals surface area contributed by atoms with Crippen molar-refractivity contribution < 1.29 is 4.79 Å². The van der Waals surface area contributed by atoms with Crippen LogP contribution < -0.4 is 0 Å². The molecule has 106 valence electrons. The van der Waals surface area contributed by atoms with Crippen molar-refractivity contribution in [1.82, 2.24) is 4.90 Å². The van der Waals surface area contributed by atoms with Crippen LogP contribution in [0.15, 0.2) is 61.2 Å². The van der Waals surface area contributed by atoms with E-state index >= 15 is 0 Å². The number of fused-ring (bicyclic) bond motifs is 1. The molecule has 0 fully saturated rings. The predicted octanol–water partition coefficient (Wildman–Crippen LogP) is 3.66. The molecule has 1 heterocycles. The molecule has 21 heavy (non-hydrogen) atoms. The summed E-state index contributed by atoms with van der Waals surface area (Å²) in [7, 11) is 0. The first kappa shape index (κ1) is 13.6. The molecule has 0 aliphatic carbocycles. The van der Waals surface area contributed by atoms with E-state index in [0.717, 1.165) is 0 Å². The lowest BCUT2D eigenvalue weighted by molar-refractivity contribution is -0.127. The normalized spacial score (nSPS) is 17.2. The quantitative estimate of drug-likeness (QED) is 0.767. The summed E-state index contributed by atoms with van der Waals surface area (Å²) >= 11 is 0. The maximum Gasteiger partial charge on any atom is 0.246 e. The van der Waals surface area contributed by atoms with Gasteiger partial charge in [0.25, 0.3) is 0 Å². The van der Waals surface area contributed by atoms with Crippen LogP contribution in [0.2, 0.25) is 0 Å². The van der Waals surface area contributed by atoms with Crippen LogP contribution in [0.5, 0.6) is 0 Å². The smallest absolute Gasteiger partial charge is 0.246 e. The minimum Gasteiger partial charge on any atom is -0.334 e. The Labute approximate surface area is 125 Å². The van der Waals surface area contributed by atoms with E-state index in [2.05, 4.69) is 56.0 Å². The molecule has 0 saturated heterocycles. The van der Waals surface area contributed by atoms with Crippen molar-refractivity contribution in [2.45, 2.75) is 19.4 Å². The van der Waals surface area contributed by atoms with E-state index < -0.39 is 0 Å². The average Bonchev–Trinajstić information content (AvgIpc) is 2.53. The molecule has 0 saturated carbocycles. The highest BCUT2D eigenvalue weighted by Crippen LogP contribution is 2.34. The highest BCUT2D eigenvalue weighted by molar-refractivity contribution is 5.87. The van der Waals surface area contributed by atoms with E-state index in [1.807, 2.05) is 11.0 Å². The summed E-state index contributed by atoms with van der Waals surface area (Å²) < 4.78 is 0. The minimum atomic E-state index is 0.00286. The molecule has 0 bridgehead atoms. The van der Waals surface area contributed by atoms with Crippen LogP contribution in [0.25, 0.3) is 0 Å². The van der Waals surface area contributed by atoms with E-state index in [9.17, 15) is 4.79 Å². The van der Waals surface area contributed by atoms with Crippen molar-refractivity contribution in [3.05, 3.63) is 83.4 Å². The highest BCUT2D eigenvalue weighted by atomic mass is 16.2. The predicted molar refractivity (Wildman–Crippen MR) is 85.1 cm³/mol. The molecule has 0 spiro atoms. The third kappa shape index (κ3) is 2.62. The molecule has 0 unspecified atom stereocenters. The highest BCUT2D eigenvalue weighted by Gasteiger charge is 2.28. The van der Waals surface area contributed by atoms with E-state index in [0.29, 0.717) is 13.1 Å². The number of carbonyl (C=O) groups excluding carboxylic acids is 1. The van der Waals surface area contributed by atoms with E-state index in [1.165, 1.54) is 28.3 Å². The van der Waals surface area contributed by atoms with Crippen molar-refractivity contribution in [3.63, 3.8) is 0 Å². The first-order valence-electron chi connectivity index (χ1n) is 7.24. The molecular weight excluding hydrogens is 258 g/mol. The lowest BCUT2D eigenvalue weighted by atomic mass is 9.84. The summed E-state index contributed by atoms with van der Waals surface area (Å²) in [5, 5.41) is 0. The van der Waals surface area contributed by atoms with Crippen molar-refractivity contribution >= 4 is 5.91 Å². The van der Waals surface area contributed by atoms with Crippen molar-refractivity contribution in [1.29, 1.82) is 0 Å². The van der Waals surface area contributed by atoms with Gasteiger partial charge in [-0.15, -0.1) is 0 Å². The third-order valence-corrected chi connectivity index (χ3v) is 4.13. The number of carbonyl (C=O) groups is 1. The van der Waals surface area contributed by atoms with Gasteiger partial charge in [-0.05, 0) is 29.7 Å². The topological polar surface area (TPSA) is 20.3 Å². The fraction of sp³-hybridized carbons (Fsp3) is 0.211. The summed E-state index contributed by atoms with van der Waals surface area (Å²) in [6.45, 7) is 7.09. The van der Waals surface area contributed by atoms with E-state index in [-0.39, 0.29) is 11.8 Å². The second-order valence-electron chi connectivity index (χ2n) is 5.59. The van der Waals surface area contributed by atoms with Gasteiger partial charge in [0.15, 0.2) is 0 Å². The lowest BCUT2D eigenvalue weighted by Crippen LogP contribution is -2.37. The lowest BCUT2D eigenvalue weighted by Gasteiger charge is -2.34. The molecule has 1 aliphatic heterocycles. The van der Waals surface area contributed by atoms with Crippen LogP contribution in [0.1, 0.15) is 28.2 Å². The SMILES string of the molecule is C=CC(=O)N1Cc2cc(C)ccc2[C@@H](c2ccccc2)C1. The Kier molecular flexibility index (Phi) is 3.61. The summed E-state index contributed by atoms with van der Waals surface area (Å²) in [5.74, 6) is 0.238. The molecular formula is C19H19NO. The minimum absolute atomic E-state index is 0.00286. The monoisotopic (exact) mass is 277 g/mol. The van der Waals surface area contributed by atoms with Gasteiger partial charge in [-0.3, -0.25) is 4.79 Å². The Morgan fingerprint density at radius 3 is 2.71 bits per heavy atom. The van der Waals surface area contributed by atoms with Gasteiger partial charge in [-0.25, -0.2) is 0 Å². The number of hydrogen-bond donors (Lipinski definition) is 0. The molecule has 2 aromatic carbocycles. The summed E-state index contributed by atoms with van der Waals surface area (Å²) in [5.41, 5.74) is 5.06.